The highest BCUT2D eigenvalue weighted by molar-refractivity contribution is 5.28. The molecule has 1 unspecified atom stereocenters. The van der Waals surface area contributed by atoms with Crippen molar-refractivity contribution in [1.29, 1.82) is 0 Å². The van der Waals surface area contributed by atoms with Crippen molar-refractivity contribution in [1.82, 2.24) is 10.2 Å². The monoisotopic (exact) mass is 276 g/mol. The van der Waals surface area contributed by atoms with Gasteiger partial charge in [-0.1, -0.05) is 25.5 Å². The lowest BCUT2D eigenvalue weighted by molar-refractivity contribution is 0.237. The molecule has 1 aromatic carbocycles. The standard InChI is InChI=1S/C17H28N2O/c1-3-4-11-19(14-16-8-6-10-18-16)13-15-7-5-9-17(12-15)20-2/h5,7,9,12,16,18H,3-4,6,8,10-11,13-14H2,1-2H3. The molecule has 112 valence electrons. The van der Waals surface area contributed by atoms with E-state index in [1.807, 2.05) is 6.07 Å². The first-order valence-corrected chi connectivity index (χ1v) is 7.90. The van der Waals surface area contributed by atoms with Crippen LogP contribution in [0.2, 0.25) is 0 Å². The minimum Gasteiger partial charge on any atom is -0.497 e. The fourth-order valence-electron chi connectivity index (χ4n) is 2.87. The van der Waals surface area contributed by atoms with Crippen molar-refractivity contribution in [2.45, 2.75) is 45.2 Å². The molecule has 1 fully saturated rings. The number of nitrogens with zero attached hydrogens (tertiary/aromatic N) is 1. The van der Waals surface area contributed by atoms with Gasteiger partial charge in [0, 0.05) is 19.1 Å². The molecule has 0 radical (unpaired) electrons. The Hall–Kier alpha value is -1.06. The summed E-state index contributed by atoms with van der Waals surface area (Å²) in [5, 5.41) is 3.61. The molecule has 3 heteroatoms. The van der Waals surface area contributed by atoms with Crippen LogP contribution in [0.15, 0.2) is 24.3 Å². The van der Waals surface area contributed by atoms with E-state index in [0.29, 0.717) is 6.04 Å². The van der Waals surface area contributed by atoms with Gasteiger partial charge < -0.3 is 10.1 Å². The van der Waals surface area contributed by atoms with Crippen LogP contribution < -0.4 is 10.1 Å². The van der Waals surface area contributed by atoms with Gasteiger partial charge in [-0.05, 0) is 50.0 Å². The van der Waals surface area contributed by atoms with Crippen molar-refractivity contribution in [3.8, 4) is 5.75 Å². The summed E-state index contributed by atoms with van der Waals surface area (Å²) in [4.78, 5) is 2.58. The molecule has 1 N–H and O–H groups in total. The summed E-state index contributed by atoms with van der Waals surface area (Å²) in [7, 11) is 1.73. The van der Waals surface area contributed by atoms with Crippen molar-refractivity contribution in [2.75, 3.05) is 26.7 Å². The minimum atomic E-state index is 0.678. The first-order chi connectivity index (χ1) is 9.81. The molecule has 1 aliphatic rings. The molecule has 0 saturated carbocycles. The molecule has 1 aliphatic heterocycles. The summed E-state index contributed by atoms with van der Waals surface area (Å²) in [5.74, 6) is 0.955. The molecule has 2 rings (SSSR count). The summed E-state index contributed by atoms with van der Waals surface area (Å²) >= 11 is 0. The van der Waals surface area contributed by atoms with E-state index in [0.717, 1.165) is 18.8 Å². The Morgan fingerprint density at radius 1 is 1.40 bits per heavy atom. The van der Waals surface area contributed by atoms with Gasteiger partial charge in [0.15, 0.2) is 0 Å². The van der Waals surface area contributed by atoms with Crippen molar-refractivity contribution in [3.05, 3.63) is 29.8 Å². The number of rotatable bonds is 8. The Bertz CT molecular complexity index is 388. The summed E-state index contributed by atoms with van der Waals surface area (Å²) in [5.41, 5.74) is 1.35. The number of unbranched alkanes of at least 4 members (excludes halogenated alkanes) is 1. The lowest BCUT2D eigenvalue weighted by Crippen LogP contribution is -2.37. The summed E-state index contributed by atoms with van der Waals surface area (Å²) < 4.78 is 5.32. The largest absolute Gasteiger partial charge is 0.497 e. The molecule has 0 aromatic heterocycles. The first-order valence-electron chi connectivity index (χ1n) is 7.90. The smallest absolute Gasteiger partial charge is 0.119 e. The molecule has 0 bridgehead atoms. The van der Waals surface area contributed by atoms with E-state index in [9.17, 15) is 0 Å². The molecule has 1 aromatic rings. The van der Waals surface area contributed by atoms with E-state index in [1.165, 1.54) is 44.3 Å². The Morgan fingerprint density at radius 3 is 3.00 bits per heavy atom. The second-order valence-corrected chi connectivity index (χ2v) is 5.73. The third-order valence-corrected chi connectivity index (χ3v) is 4.01. The maximum atomic E-state index is 5.32. The molecular formula is C17H28N2O. The van der Waals surface area contributed by atoms with Crippen LogP contribution in [0.1, 0.15) is 38.2 Å². The topological polar surface area (TPSA) is 24.5 Å². The number of hydrogen-bond acceptors (Lipinski definition) is 3. The van der Waals surface area contributed by atoms with Gasteiger partial charge in [-0.15, -0.1) is 0 Å². The maximum absolute atomic E-state index is 5.32. The minimum absolute atomic E-state index is 0.678. The van der Waals surface area contributed by atoms with Crippen LogP contribution in [0.4, 0.5) is 0 Å². The van der Waals surface area contributed by atoms with Crippen LogP contribution in [-0.4, -0.2) is 37.7 Å². The highest BCUT2D eigenvalue weighted by Crippen LogP contribution is 2.16. The SMILES string of the molecule is CCCCN(Cc1cccc(OC)c1)CC1CCCN1. The van der Waals surface area contributed by atoms with E-state index in [4.69, 9.17) is 4.74 Å². The zero-order chi connectivity index (χ0) is 14.2. The predicted molar refractivity (Wildman–Crippen MR) is 84.2 cm³/mol. The van der Waals surface area contributed by atoms with Crippen molar-refractivity contribution >= 4 is 0 Å². The average Bonchev–Trinajstić information content (AvgIpc) is 2.98. The third-order valence-electron chi connectivity index (χ3n) is 4.01. The van der Waals surface area contributed by atoms with Gasteiger partial charge >= 0.3 is 0 Å². The summed E-state index contributed by atoms with van der Waals surface area (Å²) in [6.07, 6.45) is 5.18. The Labute approximate surface area is 123 Å². The third kappa shape index (κ3) is 4.80. The average molecular weight is 276 g/mol. The van der Waals surface area contributed by atoms with Crippen molar-refractivity contribution in [2.24, 2.45) is 0 Å². The van der Waals surface area contributed by atoms with Gasteiger partial charge in [0.05, 0.1) is 7.11 Å². The zero-order valence-corrected chi connectivity index (χ0v) is 12.9. The van der Waals surface area contributed by atoms with Gasteiger partial charge in [0.2, 0.25) is 0 Å². The Morgan fingerprint density at radius 2 is 2.30 bits per heavy atom. The molecule has 0 aliphatic carbocycles. The fourth-order valence-corrected chi connectivity index (χ4v) is 2.87. The normalized spacial score (nSPS) is 18.6. The second kappa shape index (κ2) is 8.28. The van der Waals surface area contributed by atoms with Gasteiger partial charge in [-0.25, -0.2) is 0 Å². The lowest BCUT2D eigenvalue weighted by Gasteiger charge is -2.25. The van der Waals surface area contributed by atoms with Gasteiger partial charge in [0.1, 0.15) is 5.75 Å². The van der Waals surface area contributed by atoms with E-state index >= 15 is 0 Å². The lowest BCUT2D eigenvalue weighted by atomic mass is 10.1. The van der Waals surface area contributed by atoms with E-state index in [2.05, 4.69) is 35.3 Å². The molecular weight excluding hydrogens is 248 g/mol. The van der Waals surface area contributed by atoms with Crippen molar-refractivity contribution in [3.63, 3.8) is 0 Å². The summed E-state index contributed by atoms with van der Waals surface area (Å²) in [6, 6.07) is 9.13. The van der Waals surface area contributed by atoms with E-state index in [1.54, 1.807) is 7.11 Å². The fraction of sp³-hybridized carbons (Fsp3) is 0.647. The molecule has 1 heterocycles. The van der Waals surface area contributed by atoms with E-state index < -0.39 is 0 Å². The molecule has 20 heavy (non-hydrogen) atoms. The number of benzene rings is 1. The highest BCUT2D eigenvalue weighted by Gasteiger charge is 2.17. The van der Waals surface area contributed by atoms with Crippen LogP contribution in [0.3, 0.4) is 0 Å². The molecule has 0 spiro atoms. The maximum Gasteiger partial charge on any atom is 0.119 e. The van der Waals surface area contributed by atoms with Crippen LogP contribution in [0, 0.1) is 0 Å². The van der Waals surface area contributed by atoms with Crippen LogP contribution in [-0.2, 0) is 6.54 Å². The van der Waals surface area contributed by atoms with Gasteiger partial charge in [0.25, 0.3) is 0 Å². The van der Waals surface area contributed by atoms with Crippen LogP contribution >= 0.6 is 0 Å². The van der Waals surface area contributed by atoms with Crippen molar-refractivity contribution < 1.29 is 4.74 Å². The quantitative estimate of drug-likeness (QED) is 0.790. The van der Waals surface area contributed by atoms with Crippen LogP contribution in [0.25, 0.3) is 0 Å². The number of methoxy groups -OCH3 is 1. The summed E-state index contributed by atoms with van der Waals surface area (Å²) in [6.45, 7) is 6.82. The molecule has 1 saturated heterocycles. The molecule has 3 nitrogen and oxygen atoms in total. The Balaban J connectivity index is 1.94. The Kier molecular flexibility index (Phi) is 6.34. The molecule has 1 atom stereocenters. The van der Waals surface area contributed by atoms with Gasteiger partial charge in [-0.2, -0.15) is 0 Å². The predicted octanol–water partition coefficient (Wildman–Crippen LogP) is 3.05. The first kappa shape index (κ1) is 15.3. The van der Waals surface area contributed by atoms with Gasteiger partial charge in [-0.3, -0.25) is 4.90 Å². The molecule has 0 amide bonds. The number of hydrogen-bond donors (Lipinski definition) is 1. The second-order valence-electron chi connectivity index (χ2n) is 5.73. The number of ether oxygens (including phenoxy) is 1. The van der Waals surface area contributed by atoms with Crippen LogP contribution in [0.5, 0.6) is 5.75 Å². The highest BCUT2D eigenvalue weighted by atomic mass is 16.5. The number of nitrogens with one attached hydrogen (secondary N) is 1. The van der Waals surface area contributed by atoms with E-state index in [-0.39, 0.29) is 0 Å². The zero-order valence-electron chi connectivity index (χ0n) is 12.9.